The molecule has 1 aliphatic heterocycles. The van der Waals surface area contributed by atoms with Crippen molar-refractivity contribution in [3.05, 3.63) is 36.0 Å². The third kappa shape index (κ3) is 3.51. The zero-order valence-corrected chi connectivity index (χ0v) is 13.5. The summed E-state index contributed by atoms with van der Waals surface area (Å²) >= 11 is 0. The Labute approximate surface area is 132 Å². The van der Waals surface area contributed by atoms with Crippen LogP contribution in [0.1, 0.15) is 12.0 Å². The highest BCUT2D eigenvalue weighted by Gasteiger charge is 2.13. The normalized spacial score (nSPS) is 17.4. The maximum atomic E-state index is 9.22. The van der Waals surface area contributed by atoms with Gasteiger partial charge in [-0.1, -0.05) is 18.2 Å². The lowest BCUT2D eigenvalue weighted by atomic mass is 10.1. The van der Waals surface area contributed by atoms with Crippen LogP contribution in [0.4, 0.5) is 0 Å². The van der Waals surface area contributed by atoms with Crippen LogP contribution in [0.2, 0.25) is 0 Å². The van der Waals surface area contributed by atoms with E-state index in [1.54, 1.807) is 0 Å². The van der Waals surface area contributed by atoms with Crippen LogP contribution in [0.25, 0.3) is 10.9 Å². The van der Waals surface area contributed by atoms with E-state index in [1.807, 2.05) is 0 Å². The molecule has 1 aromatic heterocycles. The van der Waals surface area contributed by atoms with Gasteiger partial charge in [0.2, 0.25) is 0 Å². The molecule has 0 bridgehead atoms. The van der Waals surface area contributed by atoms with Crippen LogP contribution in [-0.4, -0.2) is 65.9 Å². The zero-order valence-electron chi connectivity index (χ0n) is 13.5. The van der Waals surface area contributed by atoms with E-state index in [0.717, 1.165) is 6.42 Å². The lowest BCUT2D eigenvalue weighted by Crippen LogP contribution is -2.44. The number of hydrogen-bond donors (Lipinski definition) is 1. The van der Waals surface area contributed by atoms with Crippen molar-refractivity contribution in [3.63, 3.8) is 0 Å². The minimum atomic E-state index is 0.194. The number of piperazine rings is 1. The number of fused-ring (bicyclic) bond motifs is 1. The minimum Gasteiger partial charge on any atom is -0.395 e. The van der Waals surface area contributed by atoms with Gasteiger partial charge in [-0.25, -0.2) is 0 Å². The Balaban J connectivity index is 1.61. The molecular weight excluding hydrogens is 274 g/mol. The number of benzene rings is 1. The van der Waals surface area contributed by atoms with Gasteiger partial charge < -0.3 is 19.5 Å². The maximum Gasteiger partial charge on any atom is 0.0610 e. The van der Waals surface area contributed by atoms with Gasteiger partial charge in [-0.3, -0.25) is 0 Å². The smallest absolute Gasteiger partial charge is 0.0610 e. The molecule has 22 heavy (non-hydrogen) atoms. The molecule has 0 amide bonds. The van der Waals surface area contributed by atoms with Gasteiger partial charge >= 0.3 is 0 Å². The molecule has 0 spiro atoms. The molecule has 1 aliphatic rings. The lowest BCUT2D eigenvalue weighted by molar-refractivity contribution is 0.153. The maximum absolute atomic E-state index is 9.22. The van der Waals surface area contributed by atoms with Crippen molar-refractivity contribution in [1.82, 2.24) is 14.4 Å². The Bertz CT molecular complexity index is 599. The highest BCUT2D eigenvalue weighted by atomic mass is 16.3. The van der Waals surface area contributed by atoms with Gasteiger partial charge in [-0.05, 0) is 38.1 Å². The van der Waals surface area contributed by atoms with E-state index in [1.165, 1.54) is 55.6 Å². The molecule has 2 heterocycles. The largest absolute Gasteiger partial charge is 0.395 e. The van der Waals surface area contributed by atoms with Crippen molar-refractivity contribution >= 4 is 10.9 Å². The summed E-state index contributed by atoms with van der Waals surface area (Å²) in [5.74, 6) is 0. The standard InChI is InChI=1S/C18H27N3O/c1-19-9-11-20(12-10-19)8-4-5-16-15-21(13-14-22)18-7-3-2-6-17(16)18/h2-3,6-7,15,22H,4-5,8-14H2,1H3. The van der Waals surface area contributed by atoms with Crippen molar-refractivity contribution < 1.29 is 5.11 Å². The summed E-state index contributed by atoms with van der Waals surface area (Å²) in [4.78, 5) is 4.98. The van der Waals surface area contributed by atoms with Gasteiger partial charge in [0.25, 0.3) is 0 Å². The van der Waals surface area contributed by atoms with Gasteiger partial charge in [0.05, 0.1) is 6.61 Å². The summed E-state index contributed by atoms with van der Waals surface area (Å²) in [6.45, 7) is 6.84. The zero-order chi connectivity index (χ0) is 15.4. The summed E-state index contributed by atoms with van der Waals surface area (Å²) in [6, 6.07) is 8.53. The quantitative estimate of drug-likeness (QED) is 0.883. The van der Waals surface area contributed by atoms with E-state index in [2.05, 4.69) is 51.9 Å². The summed E-state index contributed by atoms with van der Waals surface area (Å²) < 4.78 is 2.18. The molecule has 120 valence electrons. The van der Waals surface area contributed by atoms with Crippen LogP contribution in [0.15, 0.2) is 30.5 Å². The molecule has 0 atom stereocenters. The average molecular weight is 301 g/mol. The fourth-order valence-corrected chi connectivity index (χ4v) is 3.38. The van der Waals surface area contributed by atoms with Crippen molar-refractivity contribution in [2.45, 2.75) is 19.4 Å². The highest BCUT2D eigenvalue weighted by Crippen LogP contribution is 2.22. The second-order valence-electron chi connectivity index (χ2n) is 6.34. The molecule has 0 radical (unpaired) electrons. The second kappa shape index (κ2) is 7.27. The molecule has 2 aromatic rings. The van der Waals surface area contributed by atoms with Crippen molar-refractivity contribution in [2.75, 3.05) is 46.4 Å². The summed E-state index contributed by atoms with van der Waals surface area (Å²) in [5.41, 5.74) is 2.66. The minimum absolute atomic E-state index is 0.194. The first-order chi connectivity index (χ1) is 10.8. The Morgan fingerprint density at radius 2 is 1.82 bits per heavy atom. The molecule has 0 unspecified atom stereocenters. The second-order valence-corrected chi connectivity index (χ2v) is 6.34. The molecular formula is C18H27N3O. The third-order valence-electron chi connectivity index (χ3n) is 4.73. The molecule has 1 fully saturated rings. The summed E-state index contributed by atoms with van der Waals surface area (Å²) in [6.07, 6.45) is 4.55. The monoisotopic (exact) mass is 301 g/mol. The van der Waals surface area contributed by atoms with Gasteiger partial charge in [0.1, 0.15) is 0 Å². The van der Waals surface area contributed by atoms with Gasteiger partial charge in [-0.2, -0.15) is 0 Å². The number of rotatable bonds is 6. The Hall–Kier alpha value is -1.36. The van der Waals surface area contributed by atoms with Crippen LogP contribution in [0.3, 0.4) is 0 Å². The number of likely N-dealkylation sites (N-methyl/N-ethyl adjacent to an activating group) is 1. The highest BCUT2D eigenvalue weighted by molar-refractivity contribution is 5.83. The van der Waals surface area contributed by atoms with E-state index in [9.17, 15) is 5.11 Å². The summed E-state index contributed by atoms with van der Waals surface area (Å²) in [7, 11) is 2.20. The van der Waals surface area contributed by atoms with Crippen LogP contribution in [-0.2, 0) is 13.0 Å². The van der Waals surface area contributed by atoms with Gasteiger partial charge in [0, 0.05) is 49.8 Å². The number of aliphatic hydroxyl groups is 1. The van der Waals surface area contributed by atoms with Crippen LogP contribution < -0.4 is 0 Å². The lowest BCUT2D eigenvalue weighted by Gasteiger charge is -2.32. The average Bonchev–Trinajstić information content (AvgIpc) is 2.88. The van der Waals surface area contributed by atoms with Crippen molar-refractivity contribution in [1.29, 1.82) is 0 Å². The fraction of sp³-hybridized carbons (Fsp3) is 0.556. The first-order valence-corrected chi connectivity index (χ1v) is 8.36. The van der Waals surface area contributed by atoms with E-state index in [0.29, 0.717) is 6.54 Å². The van der Waals surface area contributed by atoms with Crippen molar-refractivity contribution in [3.8, 4) is 0 Å². The van der Waals surface area contributed by atoms with Crippen molar-refractivity contribution in [2.24, 2.45) is 0 Å². The number of aliphatic hydroxyl groups excluding tert-OH is 1. The number of nitrogens with zero attached hydrogens (tertiary/aromatic N) is 3. The number of para-hydroxylation sites is 1. The molecule has 0 aliphatic carbocycles. The van der Waals surface area contributed by atoms with E-state index in [4.69, 9.17) is 0 Å². The van der Waals surface area contributed by atoms with E-state index in [-0.39, 0.29) is 6.61 Å². The fourth-order valence-electron chi connectivity index (χ4n) is 3.38. The third-order valence-corrected chi connectivity index (χ3v) is 4.73. The number of hydrogen-bond acceptors (Lipinski definition) is 3. The van der Waals surface area contributed by atoms with Gasteiger partial charge in [0.15, 0.2) is 0 Å². The van der Waals surface area contributed by atoms with Crippen LogP contribution in [0.5, 0.6) is 0 Å². The Kier molecular flexibility index (Phi) is 5.13. The number of aromatic nitrogens is 1. The van der Waals surface area contributed by atoms with E-state index < -0.39 is 0 Å². The molecule has 1 saturated heterocycles. The SMILES string of the molecule is CN1CCN(CCCc2cn(CCO)c3ccccc23)CC1. The molecule has 1 N–H and O–H groups in total. The summed E-state index contributed by atoms with van der Waals surface area (Å²) in [5, 5.41) is 10.6. The van der Waals surface area contributed by atoms with E-state index >= 15 is 0 Å². The molecule has 4 heteroatoms. The van der Waals surface area contributed by atoms with Crippen LogP contribution >= 0.6 is 0 Å². The topological polar surface area (TPSA) is 31.6 Å². The molecule has 4 nitrogen and oxygen atoms in total. The molecule has 1 aromatic carbocycles. The Morgan fingerprint density at radius 1 is 1.05 bits per heavy atom. The predicted octanol–water partition coefficient (Wildman–Crippen LogP) is 1.81. The Morgan fingerprint density at radius 3 is 2.59 bits per heavy atom. The van der Waals surface area contributed by atoms with Gasteiger partial charge in [-0.15, -0.1) is 0 Å². The van der Waals surface area contributed by atoms with Crippen LogP contribution in [0, 0.1) is 0 Å². The molecule has 0 saturated carbocycles. The number of aryl methyl sites for hydroxylation is 1. The predicted molar refractivity (Wildman–Crippen MR) is 91.3 cm³/mol. The first-order valence-electron chi connectivity index (χ1n) is 8.36. The first kappa shape index (κ1) is 15.5. The molecule has 3 rings (SSSR count).